The molecule has 0 radical (unpaired) electrons. The van der Waals surface area contributed by atoms with Gasteiger partial charge in [-0.3, -0.25) is 4.79 Å². The van der Waals surface area contributed by atoms with Gasteiger partial charge in [0, 0.05) is 5.56 Å². The van der Waals surface area contributed by atoms with E-state index in [1.165, 1.54) is 18.4 Å². The average Bonchev–Trinajstić information content (AvgIpc) is 2.98. The number of rotatable bonds is 5. The summed E-state index contributed by atoms with van der Waals surface area (Å²) in [4.78, 5) is 11.7. The van der Waals surface area contributed by atoms with Gasteiger partial charge in [-0.1, -0.05) is 6.07 Å². The molecule has 23 heavy (non-hydrogen) atoms. The molecule has 1 aromatic carbocycles. The van der Waals surface area contributed by atoms with Crippen LogP contribution in [0.5, 0.6) is 5.75 Å². The second-order valence-corrected chi connectivity index (χ2v) is 4.50. The highest BCUT2D eigenvalue weighted by atomic mass is 19.4. The maximum absolute atomic E-state index is 12.1. The minimum atomic E-state index is -4.50. The number of halogens is 3. The number of nitriles is 1. The number of nitrogens with zero attached hydrogens (tertiary/aromatic N) is 1. The van der Waals surface area contributed by atoms with Crippen molar-refractivity contribution in [3.63, 3.8) is 0 Å². The van der Waals surface area contributed by atoms with E-state index in [1.807, 2.05) is 6.07 Å². The van der Waals surface area contributed by atoms with Gasteiger partial charge in [-0.25, -0.2) is 0 Å². The van der Waals surface area contributed by atoms with Crippen LogP contribution >= 0.6 is 0 Å². The number of carbonyl (C=O) groups excluding carboxylic acids is 1. The molecular weight excluding hydrogens is 313 g/mol. The summed E-state index contributed by atoms with van der Waals surface area (Å²) in [5.74, 6) is -0.825. The van der Waals surface area contributed by atoms with Gasteiger partial charge in [-0.15, -0.1) is 0 Å². The van der Waals surface area contributed by atoms with Gasteiger partial charge in [0.05, 0.1) is 17.9 Å². The molecule has 1 amide bonds. The van der Waals surface area contributed by atoms with E-state index in [1.54, 1.807) is 23.5 Å². The molecule has 2 aromatic rings. The normalized spacial score (nSPS) is 10.9. The average molecular weight is 324 g/mol. The number of furan rings is 1. The summed E-state index contributed by atoms with van der Waals surface area (Å²) in [7, 11) is 0. The lowest BCUT2D eigenvalue weighted by Gasteiger charge is -2.09. The summed E-state index contributed by atoms with van der Waals surface area (Å²) in [6, 6.07) is 9.72. The Balaban J connectivity index is 2.01. The van der Waals surface area contributed by atoms with Gasteiger partial charge in [0.1, 0.15) is 18.9 Å². The molecule has 0 saturated carbocycles. The van der Waals surface area contributed by atoms with Crippen molar-refractivity contribution in [1.82, 2.24) is 5.32 Å². The zero-order chi connectivity index (χ0) is 16.9. The van der Waals surface area contributed by atoms with Crippen molar-refractivity contribution >= 4 is 5.91 Å². The zero-order valence-corrected chi connectivity index (χ0v) is 11.7. The van der Waals surface area contributed by atoms with E-state index >= 15 is 0 Å². The molecule has 5 nitrogen and oxygen atoms in total. The first-order chi connectivity index (χ1) is 10.9. The summed E-state index contributed by atoms with van der Waals surface area (Å²) in [5.41, 5.74) is 0.699. The lowest BCUT2D eigenvalue weighted by molar-refractivity contribution is -0.123. The molecule has 8 heteroatoms. The topological polar surface area (TPSA) is 75.3 Å². The van der Waals surface area contributed by atoms with Gasteiger partial charge in [-0.05, 0) is 24.3 Å². The Labute approximate surface area is 129 Å². The molecule has 1 aromatic heterocycles. The van der Waals surface area contributed by atoms with Crippen molar-refractivity contribution in [2.24, 2.45) is 0 Å². The molecule has 0 aliphatic carbocycles. The molecule has 1 N–H and O–H groups in total. The first-order valence-electron chi connectivity index (χ1n) is 6.43. The highest BCUT2D eigenvalue weighted by molar-refractivity contribution is 5.92. The Morgan fingerprint density at radius 3 is 2.83 bits per heavy atom. The fourth-order valence-corrected chi connectivity index (χ4v) is 1.73. The maximum Gasteiger partial charge on any atom is 0.405 e. The van der Waals surface area contributed by atoms with Gasteiger partial charge in [0.2, 0.25) is 0 Å². The van der Waals surface area contributed by atoms with E-state index in [4.69, 9.17) is 14.4 Å². The van der Waals surface area contributed by atoms with Crippen molar-refractivity contribution in [1.29, 1.82) is 5.26 Å². The lowest BCUT2D eigenvalue weighted by atomic mass is 10.2. The third-order valence-corrected chi connectivity index (χ3v) is 2.76. The van der Waals surface area contributed by atoms with E-state index in [-0.39, 0.29) is 12.4 Å². The molecule has 0 aliphatic rings. The summed E-state index contributed by atoms with van der Waals surface area (Å²) in [6.07, 6.45) is -3.32. The van der Waals surface area contributed by atoms with Crippen LogP contribution in [-0.2, 0) is 6.61 Å². The van der Waals surface area contributed by atoms with Crippen LogP contribution in [-0.4, -0.2) is 18.6 Å². The first-order valence-corrected chi connectivity index (χ1v) is 6.43. The van der Waals surface area contributed by atoms with Crippen LogP contribution in [0.25, 0.3) is 0 Å². The Bertz CT molecular complexity index is 732. The first kappa shape index (κ1) is 16.4. The Morgan fingerprint density at radius 1 is 1.35 bits per heavy atom. The summed E-state index contributed by atoms with van der Waals surface area (Å²) < 4.78 is 46.6. The monoisotopic (exact) mass is 324 g/mol. The van der Waals surface area contributed by atoms with Crippen LogP contribution in [0.3, 0.4) is 0 Å². The van der Waals surface area contributed by atoms with Crippen molar-refractivity contribution < 1.29 is 27.1 Å². The fraction of sp³-hybridized carbons (Fsp3) is 0.200. The predicted octanol–water partition coefficient (Wildman–Crippen LogP) is 3.02. The SMILES string of the molecule is N#Cc1cccc(OCc2ccoc2C(=O)NCC(F)(F)F)c1. The molecule has 0 spiro atoms. The third-order valence-electron chi connectivity index (χ3n) is 2.76. The molecule has 1 heterocycles. The second-order valence-electron chi connectivity index (χ2n) is 4.50. The quantitative estimate of drug-likeness (QED) is 0.917. The van der Waals surface area contributed by atoms with Gasteiger partial charge in [-0.2, -0.15) is 18.4 Å². The number of amides is 1. The summed E-state index contributed by atoms with van der Waals surface area (Å²) in [6.45, 7) is -1.53. The largest absolute Gasteiger partial charge is 0.489 e. The van der Waals surface area contributed by atoms with E-state index in [2.05, 4.69) is 0 Å². The van der Waals surface area contributed by atoms with Crippen molar-refractivity contribution in [2.75, 3.05) is 6.54 Å². The van der Waals surface area contributed by atoms with Gasteiger partial charge >= 0.3 is 6.18 Å². The molecule has 0 aliphatic heterocycles. The number of hydrogen-bond acceptors (Lipinski definition) is 4. The van der Waals surface area contributed by atoms with Gasteiger partial charge in [0.25, 0.3) is 5.91 Å². The van der Waals surface area contributed by atoms with Crippen LogP contribution in [0.2, 0.25) is 0 Å². The van der Waals surface area contributed by atoms with Crippen LogP contribution < -0.4 is 10.1 Å². The van der Waals surface area contributed by atoms with Crippen molar-refractivity contribution in [2.45, 2.75) is 12.8 Å². The standard InChI is InChI=1S/C15H11F3N2O3/c16-15(17,18)9-20-14(21)13-11(4-5-22-13)8-23-12-3-1-2-10(6-12)7-19/h1-6H,8-9H2,(H,20,21). The molecule has 0 atom stereocenters. The molecular formula is C15H11F3N2O3. The fourth-order valence-electron chi connectivity index (χ4n) is 1.73. The minimum Gasteiger partial charge on any atom is -0.489 e. The number of carbonyl (C=O) groups is 1. The van der Waals surface area contributed by atoms with E-state index < -0.39 is 18.6 Å². The summed E-state index contributed by atoms with van der Waals surface area (Å²) >= 11 is 0. The molecule has 120 valence electrons. The smallest absolute Gasteiger partial charge is 0.405 e. The van der Waals surface area contributed by atoms with Gasteiger partial charge in [0.15, 0.2) is 5.76 Å². The van der Waals surface area contributed by atoms with Crippen molar-refractivity contribution in [3.8, 4) is 11.8 Å². The number of nitrogens with one attached hydrogen (secondary N) is 1. The Hall–Kier alpha value is -2.95. The second kappa shape index (κ2) is 6.87. The third kappa shape index (κ3) is 4.78. The van der Waals surface area contributed by atoms with E-state index in [9.17, 15) is 18.0 Å². The van der Waals surface area contributed by atoms with Crippen LogP contribution in [0.15, 0.2) is 41.0 Å². The van der Waals surface area contributed by atoms with Crippen LogP contribution in [0.1, 0.15) is 21.7 Å². The Morgan fingerprint density at radius 2 is 2.13 bits per heavy atom. The highest BCUT2D eigenvalue weighted by Crippen LogP contribution is 2.18. The van der Waals surface area contributed by atoms with Crippen molar-refractivity contribution in [3.05, 3.63) is 53.5 Å². The summed E-state index contributed by atoms with van der Waals surface area (Å²) in [5, 5.41) is 10.5. The number of alkyl halides is 3. The van der Waals surface area contributed by atoms with Crippen LogP contribution in [0, 0.1) is 11.3 Å². The molecule has 2 rings (SSSR count). The van der Waals surface area contributed by atoms with Gasteiger partial charge < -0.3 is 14.5 Å². The number of ether oxygens (including phenoxy) is 1. The molecule has 0 bridgehead atoms. The lowest BCUT2D eigenvalue weighted by Crippen LogP contribution is -2.34. The highest BCUT2D eigenvalue weighted by Gasteiger charge is 2.29. The predicted molar refractivity (Wildman–Crippen MR) is 72.6 cm³/mol. The minimum absolute atomic E-state index is 0.0832. The van der Waals surface area contributed by atoms with Crippen LogP contribution in [0.4, 0.5) is 13.2 Å². The Kier molecular flexibility index (Phi) is 4.91. The number of benzene rings is 1. The zero-order valence-electron chi connectivity index (χ0n) is 11.7. The molecule has 0 unspecified atom stereocenters. The molecule has 0 saturated heterocycles. The molecule has 0 fully saturated rings. The van der Waals surface area contributed by atoms with E-state index in [0.29, 0.717) is 16.9 Å². The number of hydrogen-bond donors (Lipinski definition) is 1. The maximum atomic E-state index is 12.1. The van der Waals surface area contributed by atoms with E-state index in [0.717, 1.165) is 0 Å².